The number of rotatable bonds is 2. The molecule has 0 aromatic rings. The lowest BCUT2D eigenvalue weighted by atomic mass is 9.85. The molecule has 2 atom stereocenters. The summed E-state index contributed by atoms with van der Waals surface area (Å²) in [5, 5.41) is 0.566. The molecule has 2 aliphatic rings. The maximum atomic E-state index is 4.28. The molecule has 2 heterocycles. The van der Waals surface area contributed by atoms with Crippen LogP contribution >= 0.6 is 22.5 Å². The molecule has 4 heteroatoms. The van der Waals surface area contributed by atoms with Gasteiger partial charge < -0.3 is 0 Å². The minimum atomic E-state index is 0.539. The second kappa shape index (κ2) is 3.65. The van der Waals surface area contributed by atoms with Crippen LogP contribution in [0, 0.1) is 0 Å². The average molecular weight is 218 g/mol. The number of likely N-dealkylation sites (N-methyl/N-ethyl adjacent to an activating group) is 1. The maximum Gasteiger partial charge on any atom is 0.0631 e. The lowest BCUT2D eigenvalue weighted by Crippen LogP contribution is -2.59. The predicted molar refractivity (Wildman–Crippen MR) is 62.2 cm³/mol. The van der Waals surface area contributed by atoms with Gasteiger partial charge in [0.25, 0.3) is 0 Å². The van der Waals surface area contributed by atoms with Crippen LogP contribution in [0.3, 0.4) is 0 Å². The number of thiol groups is 1. The third kappa shape index (κ3) is 1.62. The minimum absolute atomic E-state index is 0.539. The predicted octanol–water partition coefficient (Wildman–Crippen LogP) is 1.69. The Morgan fingerprint density at radius 3 is 2.46 bits per heavy atom. The molecule has 2 nitrogen and oxygen atoms in total. The van der Waals surface area contributed by atoms with Crippen LogP contribution in [0.4, 0.5) is 0 Å². The van der Waals surface area contributed by atoms with E-state index in [1.165, 1.54) is 32.5 Å². The fraction of sp³-hybridized carbons (Fsp3) is 1.00. The van der Waals surface area contributed by atoms with Crippen molar-refractivity contribution in [3.05, 3.63) is 0 Å². The highest BCUT2D eigenvalue weighted by Crippen LogP contribution is 2.39. The number of hydrogen-bond donors (Lipinski definition) is 1. The molecule has 0 N–H and O–H groups in total. The molecule has 2 rings (SSSR count). The van der Waals surface area contributed by atoms with Crippen LogP contribution in [-0.2, 0) is 0 Å². The Morgan fingerprint density at radius 1 is 1.38 bits per heavy atom. The van der Waals surface area contributed by atoms with Crippen molar-refractivity contribution >= 4 is 22.5 Å². The summed E-state index contributed by atoms with van der Waals surface area (Å²) >= 11 is 4.28. The van der Waals surface area contributed by atoms with Gasteiger partial charge >= 0.3 is 0 Å². The van der Waals surface area contributed by atoms with Gasteiger partial charge in [-0.1, -0.05) is 10.8 Å². The van der Waals surface area contributed by atoms with E-state index >= 15 is 0 Å². The summed E-state index contributed by atoms with van der Waals surface area (Å²) in [6.45, 7) is 6.03. The van der Waals surface area contributed by atoms with Gasteiger partial charge in [-0.25, -0.2) is 0 Å². The van der Waals surface area contributed by atoms with Crippen LogP contribution in [0.1, 0.15) is 19.8 Å². The number of hydrogen-bond acceptors (Lipinski definition) is 4. The Morgan fingerprint density at radius 2 is 2.08 bits per heavy atom. The Hall–Kier alpha value is 0.620. The summed E-state index contributed by atoms with van der Waals surface area (Å²) < 4.78 is 0. The van der Waals surface area contributed by atoms with Crippen molar-refractivity contribution in [1.29, 1.82) is 0 Å². The molecule has 2 aliphatic heterocycles. The van der Waals surface area contributed by atoms with Crippen LogP contribution in [0.15, 0.2) is 0 Å². The lowest BCUT2D eigenvalue weighted by Gasteiger charge is -2.49. The third-order valence-electron chi connectivity index (χ3n) is 3.75. The summed E-state index contributed by atoms with van der Waals surface area (Å²) in [6, 6.07) is 0. The van der Waals surface area contributed by atoms with E-state index in [-0.39, 0.29) is 0 Å². The Bertz CT molecular complexity index is 200. The van der Waals surface area contributed by atoms with Crippen molar-refractivity contribution in [2.45, 2.75) is 30.7 Å². The van der Waals surface area contributed by atoms with Crippen molar-refractivity contribution in [2.75, 3.05) is 26.7 Å². The highest BCUT2D eigenvalue weighted by molar-refractivity contribution is 8.68. The van der Waals surface area contributed by atoms with Gasteiger partial charge in [-0.05, 0) is 26.8 Å². The van der Waals surface area contributed by atoms with Gasteiger partial charge in [0.1, 0.15) is 0 Å². The molecule has 0 aromatic heterocycles. The first-order chi connectivity index (χ1) is 6.18. The van der Waals surface area contributed by atoms with Crippen molar-refractivity contribution < 1.29 is 0 Å². The first-order valence-corrected chi connectivity index (χ1v) is 6.87. The minimum Gasteiger partial charge on any atom is -0.299 e. The molecule has 0 saturated carbocycles. The quantitative estimate of drug-likeness (QED) is 0.557. The van der Waals surface area contributed by atoms with E-state index in [9.17, 15) is 0 Å². The van der Waals surface area contributed by atoms with Crippen molar-refractivity contribution in [3.8, 4) is 0 Å². The molecular weight excluding hydrogens is 200 g/mol. The first-order valence-electron chi connectivity index (χ1n) is 4.93. The molecule has 1 unspecified atom stereocenters. The van der Waals surface area contributed by atoms with Crippen LogP contribution in [0.5, 0.6) is 0 Å². The van der Waals surface area contributed by atoms with Gasteiger partial charge in [0.2, 0.25) is 0 Å². The summed E-state index contributed by atoms with van der Waals surface area (Å²) in [6.07, 6.45) is 2.74. The topological polar surface area (TPSA) is 6.48 Å². The molecule has 1 spiro atoms. The van der Waals surface area contributed by atoms with Crippen molar-refractivity contribution in [3.63, 3.8) is 0 Å². The molecule has 0 aromatic carbocycles. The molecule has 76 valence electrons. The second-order valence-corrected chi connectivity index (χ2v) is 5.85. The number of likely N-dealkylation sites (tertiary alicyclic amines) is 2. The molecule has 13 heavy (non-hydrogen) atoms. The summed E-state index contributed by atoms with van der Waals surface area (Å²) in [5.74, 6) is 0. The van der Waals surface area contributed by atoms with Gasteiger partial charge in [-0.2, -0.15) is 0 Å². The fourth-order valence-corrected chi connectivity index (χ4v) is 3.15. The standard InChI is InChI=1S/C9H18N2S2/c1-8(13-12)11-6-4-9(7-11)3-5-10(9)2/h8,12H,3-7H2,1-2H3/t8?,9-/m1/s1. The van der Waals surface area contributed by atoms with E-state index in [0.717, 1.165) is 0 Å². The van der Waals surface area contributed by atoms with Crippen LogP contribution in [0.25, 0.3) is 0 Å². The Labute approximate surface area is 89.8 Å². The van der Waals surface area contributed by atoms with E-state index in [0.29, 0.717) is 10.9 Å². The van der Waals surface area contributed by atoms with E-state index in [2.05, 4.69) is 35.4 Å². The summed E-state index contributed by atoms with van der Waals surface area (Å²) in [4.78, 5) is 5.07. The van der Waals surface area contributed by atoms with Crippen LogP contribution < -0.4 is 0 Å². The Balaban J connectivity index is 1.94. The highest BCUT2D eigenvalue weighted by Gasteiger charge is 2.47. The molecule has 2 saturated heterocycles. The second-order valence-electron chi connectivity index (χ2n) is 4.32. The van der Waals surface area contributed by atoms with Gasteiger partial charge in [0.05, 0.1) is 5.37 Å². The lowest BCUT2D eigenvalue weighted by molar-refractivity contribution is 0.0191. The first kappa shape index (κ1) is 10.1. The smallest absolute Gasteiger partial charge is 0.0631 e. The summed E-state index contributed by atoms with van der Waals surface area (Å²) in [5.41, 5.74) is 0.539. The van der Waals surface area contributed by atoms with E-state index < -0.39 is 0 Å². The van der Waals surface area contributed by atoms with Gasteiger partial charge in [-0.15, -0.1) is 11.7 Å². The normalized spacial score (nSPS) is 38.1. The van der Waals surface area contributed by atoms with Crippen molar-refractivity contribution in [1.82, 2.24) is 9.80 Å². The van der Waals surface area contributed by atoms with Crippen molar-refractivity contribution in [2.24, 2.45) is 0 Å². The van der Waals surface area contributed by atoms with Crippen LogP contribution in [0.2, 0.25) is 0 Å². The SMILES string of the molecule is CC(SS)N1CC[C@]2(CCN2C)C1. The third-order valence-corrected chi connectivity index (χ3v) is 5.27. The maximum absolute atomic E-state index is 4.28. The van der Waals surface area contributed by atoms with E-state index in [1.54, 1.807) is 10.8 Å². The molecule has 0 bridgehead atoms. The average Bonchev–Trinajstić information content (AvgIpc) is 2.61. The summed E-state index contributed by atoms with van der Waals surface area (Å²) in [7, 11) is 3.92. The van der Waals surface area contributed by atoms with Crippen LogP contribution in [-0.4, -0.2) is 47.4 Å². The zero-order chi connectivity index (χ0) is 9.47. The highest BCUT2D eigenvalue weighted by atomic mass is 33.1. The van der Waals surface area contributed by atoms with Gasteiger partial charge in [0.15, 0.2) is 0 Å². The number of nitrogens with zero attached hydrogens (tertiary/aromatic N) is 2. The fourth-order valence-electron chi connectivity index (χ4n) is 2.43. The molecule has 0 radical (unpaired) electrons. The van der Waals surface area contributed by atoms with E-state index in [4.69, 9.17) is 0 Å². The molecule has 0 amide bonds. The molecular formula is C9H18N2S2. The van der Waals surface area contributed by atoms with E-state index in [1.807, 2.05) is 0 Å². The largest absolute Gasteiger partial charge is 0.299 e. The molecule has 2 fully saturated rings. The zero-order valence-corrected chi connectivity index (χ0v) is 10.1. The Kier molecular flexibility index (Phi) is 2.85. The monoisotopic (exact) mass is 218 g/mol. The zero-order valence-electron chi connectivity index (χ0n) is 8.36. The van der Waals surface area contributed by atoms with Gasteiger partial charge in [-0.3, -0.25) is 9.80 Å². The van der Waals surface area contributed by atoms with Gasteiger partial charge in [0, 0.05) is 25.2 Å². The molecule has 0 aliphatic carbocycles.